The van der Waals surface area contributed by atoms with Gasteiger partial charge < -0.3 is 10.1 Å². The average molecular weight is 440 g/mol. The van der Waals surface area contributed by atoms with Gasteiger partial charge in [0.15, 0.2) is 0 Å². The number of halogens is 1. The van der Waals surface area contributed by atoms with Gasteiger partial charge in [-0.3, -0.25) is 15.0 Å². The van der Waals surface area contributed by atoms with Gasteiger partial charge in [0, 0.05) is 42.8 Å². The number of fused-ring (bicyclic) bond motifs is 1. The van der Waals surface area contributed by atoms with Crippen molar-refractivity contribution in [2.45, 2.75) is 18.9 Å². The SMILES string of the molecule is C#CCN[C@@H]1CCc2ccccc21.O=C(NCCN1CCOCC1)c1ccc(Cl)cc1. The van der Waals surface area contributed by atoms with E-state index < -0.39 is 0 Å². The van der Waals surface area contributed by atoms with Gasteiger partial charge in [-0.05, 0) is 48.2 Å². The molecule has 0 saturated carbocycles. The first-order chi connectivity index (χ1) is 15.2. The van der Waals surface area contributed by atoms with Gasteiger partial charge >= 0.3 is 0 Å². The molecule has 4 rings (SSSR count). The number of nitrogens with one attached hydrogen (secondary N) is 2. The number of carbonyl (C=O) groups excluding carboxylic acids is 1. The molecular formula is C25H30ClN3O2. The lowest BCUT2D eigenvalue weighted by molar-refractivity contribution is 0.0383. The molecule has 0 aromatic heterocycles. The Morgan fingerprint density at radius 1 is 1.16 bits per heavy atom. The van der Waals surface area contributed by atoms with Gasteiger partial charge in [0.1, 0.15) is 0 Å². The molecule has 6 heteroatoms. The van der Waals surface area contributed by atoms with Crippen LogP contribution in [0.5, 0.6) is 0 Å². The second kappa shape index (κ2) is 12.5. The highest BCUT2D eigenvalue weighted by molar-refractivity contribution is 6.30. The molecule has 1 saturated heterocycles. The fraction of sp³-hybridized carbons (Fsp3) is 0.400. The summed E-state index contributed by atoms with van der Waals surface area (Å²) in [5.41, 5.74) is 3.54. The summed E-state index contributed by atoms with van der Waals surface area (Å²) in [4.78, 5) is 14.1. The number of morpholine rings is 1. The third-order valence-corrected chi connectivity index (χ3v) is 5.76. The van der Waals surface area contributed by atoms with E-state index in [2.05, 4.69) is 45.7 Å². The summed E-state index contributed by atoms with van der Waals surface area (Å²) in [7, 11) is 0. The van der Waals surface area contributed by atoms with Crippen molar-refractivity contribution in [1.82, 2.24) is 15.5 Å². The number of aryl methyl sites for hydroxylation is 1. The van der Waals surface area contributed by atoms with Crippen LogP contribution in [0.25, 0.3) is 0 Å². The van der Waals surface area contributed by atoms with Crippen LogP contribution >= 0.6 is 11.6 Å². The molecule has 2 aromatic carbocycles. The number of rotatable bonds is 6. The van der Waals surface area contributed by atoms with Gasteiger partial charge in [-0.15, -0.1) is 6.42 Å². The maximum atomic E-state index is 11.8. The number of hydrogen-bond acceptors (Lipinski definition) is 4. The highest BCUT2D eigenvalue weighted by Crippen LogP contribution is 2.30. The number of ether oxygens (including phenoxy) is 1. The topological polar surface area (TPSA) is 53.6 Å². The highest BCUT2D eigenvalue weighted by Gasteiger charge is 2.20. The van der Waals surface area contributed by atoms with Crippen LogP contribution < -0.4 is 10.6 Å². The minimum absolute atomic E-state index is 0.0556. The van der Waals surface area contributed by atoms with Crippen LogP contribution in [0.1, 0.15) is 33.9 Å². The average Bonchev–Trinajstić information content (AvgIpc) is 3.22. The predicted molar refractivity (Wildman–Crippen MR) is 125 cm³/mol. The van der Waals surface area contributed by atoms with Crippen molar-refractivity contribution in [3.05, 3.63) is 70.2 Å². The molecule has 1 aliphatic carbocycles. The molecule has 31 heavy (non-hydrogen) atoms. The number of benzene rings is 2. The molecule has 5 nitrogen and oxygen atoms in total. The molecule has 1 amide bonds. The molecule has 164 valence electrons. The molecule has 2 aliphatic rings. The summed E-state index contributed by atoms with van der Waals surface area (Å²) in [6.07, 6.45) is 7.57. The molecule has 2 aromatic rings. The lowest BCUT2D eigenvalue weighted by Gasteiger charge is -2.26. The number of terminal acetylenes is 1. The number of amides is 1. The Balaban J connectivity index is 0.000000185. The zero-order chi connectivity index (χ0) is 21.9. The van der Waals surface area contributed by atoms with E-state index in [1.807, 2.05) is 0 Å². The van der Waals surface area contributed by atoms with Crippen molar-refractivity contribution in [3.8, 4) is 12.3 Å². The van der Waals surface area contributed by atoms with E-state index in [1.165, 1.54) is 24.0 Å². The summed E-state index contributed by atoms with van der Waals surface area (Å²) in [5.74, 6) is 2.56. The van der Waals surface area contributed by atoms with Crippen LogP contribution in [0.4, 0.5) is 0 Å². The van der Waals surface area contributed by atoms with Crippen molar-refractivity contribution in [3.63, 3.8) is 0 Å². The van der Waals surface area contributed by atoms with Crippen LogP contribution in [-0.2, 0) is 11.2 Å². The lowest BCUT2D eigenvalue weighted by Crippen LogP contribution is -2.41. The number of nitrogens with zero attached hydrogens (tertiary/aromatic N) is 1. The quantitative estimate of drug-likeness (QED) is 0.678. The monoisotopic (exact) mass is 439 g/mol. The van der Waals surface area contributed by atoms with Gasteiger partial charge in [0.2, 0.25) is 0 Å². The molecular weight excluding hydrogens is 410 g/mol. The lowest BCUT2D eigenvalue weighted by atomic mass is 10.1. The Morgan fingerprint density at radius 3 is 2.65 bits per heavy atom. The predicted octanol–water partition coefficient (Wildman–Crippen LogP) is 3.30. The van der Waals surface area contributed by atoms with Gasteiger partial charge in [0.05, 0.1) is 19.8 Å². The van der Waals surface area contributed by atoms with Crippen molar-refractivity contribution in [1.29, 1.82) is 0 Å². The zero-order valence-corrected chi connectivity index (χ0v) is 18.5. The van der Waals surface area contributed by atoms with E-state index in [0.29, 0.717) is 29.7 Å². The Labute approximate surface area is 190 Å². The van der Waals surface area contributed by atoms with Gasteiger partial charge in [-0.1, -0.05) is 41.8 Å². The minimum atomic E-state index is -0.0556. The summed E-state index contributed by atoms with van der Waals surface area (Å²) >= 11 is 5.77. The van der Waals surface area contributed by atoms with Crippen LogP contribution in [0, 0.1) is 12.3 Å². The van der Waals surface area contributed by atoms with Gasteiger partial charge in [-0.25, -0.2) is 0 Å². The maximum Gasteiger partial charge on any atom is 0.251 e. The summed E-state index contributed by atoms with van der Waals surface area (Å²) in [6, 6.07) is 16.0. The van der Waals surface area contributed by atoms with Crippen molar-refractivity contribution in [2.24, 2.45) is 0 Å². The first-order valence-electron chi connectivity index (χ1n) is 10.8. The van der Waals surface area contributed by atoms with Crippen molar-refractivity contribution < 1.29 is 9.53 Å². The maximum absolute atomic E-state index is 11.8. The first-order valence-corrected chi connectivity index (χ1v) is 11.1. The largest absolute Gasteiger partial charge is 0.379 e. The van der Waals surface area contributed by atoms with Crippen molar-refractivity contribution in [2.75, 3.05) is 45.9 Å². The van der Waals surface area contributed by atoms with Gasteiger partial charge in [-0.2, -0.15) is 0 Å². The zero-order valence-electron chi connectivity index (χ0n) is 17.8. The van der Waals surface area contributed by atoms with Crippen LogP contribution in [-0.4, -0.2) is 56.7 Å². The highest BCUT2D eigenvalue weighted by atomic mass is 35.5. The standard InChI is InChI=1S/C13H17ClN2O2.C12H13N/c14-12-3-1-11(2-4-12)13(17)15-5-6-16-7-9-18-10-8-16;1-2-9-13-12-8-7-10-5-3-4-6-11(10)12/h1-4H,5-10H2,(H,15,17);1,3-6,12-13H,7-9H2/t;12-/m.1/s1. The molecule has 0 radical (unpaired) electrons. The Morgan fingerprint density at radius 2 is 1.90 bits per heavy atom. The molecule has 0 bridgehead atoms. The molecule has 0 spiro atoms. The molecule has 1 fully saturated rings. The van der Waals surface area contributed by atoms with Gasteiger partial charge in [0.25, 0.3) is 5.91 Å². The Bertz CT molecular complexity index is 873. The van der Waals surface area contributed by atoms with E-state index in [9.17, 15) is 4.79 Å². The molecule has 2 N–H and O–H groups in total. The molecule has 1 aliphatic heterocycles. The number of carbonyl (C=O) groups is 1. The molecule has 1 atom stereocenters. The second-order valence-electron chi connectivity index (χ2n) is 7.59. The Hall–Kier alpha value is -2.36. The fourth-order valence-corrected chi connectivity index (χ4v) is 3.93. The molecule has 1 heterocycles. The summed E-state index contributed by atoms with van der Waals surface area (Å²) < 4.78 is 5.27. The van der Waals surface area contributed by atoms with E-state index >= 15 is 0 Å². The second-order valence-corrected chi connectivity index (χ2v) is 8.03. The third kappa shape index (κ3) is 7.37. The molecule has 0 unspecified atom stereocenters. The van der Waals surface area contributed by atoms with Crippen LogP contribution in [0.2, 0.25) is 5.02 Å². The fourth-order valence-electron chi connectivity index (χ4n) is 3.81. The normalized spacial score (nSPS) is 17.7. The number of hydrogen-bond donors (Lipinski definition) is 2. The Kier molecular flexibility index (Phi) is 9.39. The third-order valence-electron chi connectivity index (χ3n) is 5.51. The van der Waals surface area contributed by atoms with Crippen LogP contribution in [0.3, 0.4) is 0 Å². The van der Waals surface area contributed by atoms with E-state index in [-0.39, 0.29) is 5.91 Å². The summed E-state index contributed by atoms with van der Waals surface area (Å²) in [6.45, 7) is 5.63. The van der Waals surface area contributed by atoms with Crippen LogP contribution in [0.15, 0.2) is 48.5 Å². The van der Waals surface area contributed by atoms with E-state index in [0.717, 1.165) is 32.8 Å². The first kappa shape index (κ1) is 23.3. The smallest absolute Gasteiger partial charge is 0.251 e. The van der Waals surface area contributed by atoms with E-state index in [1.54, 1.807) is 24.3 Å². The van der Waals surface area contributed by atoms with E-state index in [4.69, 9.17) is 22.8 Å². The van der Waals surface area contributed by atoms with Crippen molar-refractivity contribution >= 4 is 17.5 Å². The summed E-state index contributed by atoms with van der Waals surface area (Å²) in [5, 5.41) is 6.89. The minimum Gasteiger partial charge on any atom is -0.379 e.